The van der Waals surface area contributed by atoms with Crippen molar-refractivity contribution in [2.24, 2.45) is 11.5 Å². The van der Waals surface area contributed by atoms with E-state index < -0.39 is 0 Å². The molecule has 1 saturated heterocycles. The predicted octanol–water partition coefficient (Wildman–Crippen LogP) is 5.79. The van der Waals surface area contributed by atoms with Crippen LogP contribution in [0.25, 0.3) is 10.9 Å². The Balaban J connectivity index is 0.00000148. The molecule has 3 rings (SSSR count). The molecule has 2 aromatic rings. The lowest BCUT2D eigenvalue weighted by atomic mass is 10.0. The molecule has 0 spiro atoms. The van der Waals surface area contributed by atoms with E-state index in [1.807, 2.05) is 40.0 Å². The monoisotopic (exact) mass is 446 g/mol. The number of piperidine rings is 1. The number of benzene rings is 1. The molecule has 1 fully saturated rings. The van der Waals surface area contributed by atoms with Gasteiger partial charge >= 0.3 is 0 Å². The zero-order valence-corrected chi connectivity index (χ0v) is 21.7. The van der Waals surface area contributed by atoms with Crippen LogP contribution in [0.15, 0.2) is 30.5 Å². The smallest absolute Gasteiger partial charge is 0.146 e. The van der Waals surface area contributed by atoms with E-state index >= 15 is 0 Å². The van der Waals surface area contributed by atoms with E-state index in [1.165, 1.54) is 43.8 Å². The van der Waals surface area contributed by atoms with Crippen LogP contribution in [0.5, 0.6) is 5.75 Å². The van der Waals surface area contributed by atoms with Crippen molar-refractivity contribution in [3.8, 4) is 5.75 Å². The second-order valence-electron chi connectivity index (χ2n) is 7.43. The molecule has 1 aromatic heterocycles. The maximum Gasteiger partial charge on any atom is 0.146 e. The maximum absolute atomic E-state index is 6.45. The van der Waals surface area contributed by atoms with Crippen LogP contribution in [0.3, 0.4) is 0 Å². The highest BCUT2D eigenvalue weighted by Crippen LogP contribution is 2.29. The number of nitrogens with two attached hydrogens (primary N) is 2. The zero-order valence-electron chi connectivity index (χ0n) is 21.7. The van der Waals surface area contributed by atoms with Crippen LogP contribution in [0.4, 0.5) is 0 Å². The number of unbranched alkanes of at least 4 members (excludes halogenated alkanes) is 2. The summed E-state index contributed by atoms with van der Waals surface area (Å²) in [5.41, 5.74) is 12.5. The van der Waals surface area contributed by atoms with Gasteiger partial charge in [0, 0.05) is 24.7 Å². The summed E-state index contributed by atoms with van der Waals surface area (Å²) in [6, 6.07) is 8.64. The molecule has 1 aliphatic rings. The lowest BCUT2D eigenvalue weighted by Crippen LogP contribution is -2.38. The Hall–Kier alpha value is -1.69. The summed E-state index contributed by atoms with van der Waals surface area (Å²) in [5, 5.41) is 1.19. The molecule has 0 aliphatic carbocycles. The third-order valence-corrected chi connectivity index (χ3v) is 5.31. The molecule has 1 aromatic carbocycles. The van der Waals surface area contributed by atoms with Gasteiger partial charge in [0.05, 0.1) is 0 Å². The Morgan fingerprint density at radius 1 is 1.03 bits per heavy atom. The van der Waals surface area contributed by atoms with Crippen LogP contribution in [0.1, 0.15) is 78.7 Å². The van der Waals surface area contributed by atoms with Crippen LogP contribution in [0, 0.1) is 0 Å². The van der Waals surface area contributed by atoms with Crippen molar-refractivity contribution < 1.29 is 4.74 Å². The van der Waals surface area contributed by atoms with Crippen LogP contribution < -0.4 is 16.2 Å². The minimum absolute atomic E-state index is 0.299. The molecule has 1 aliphatic heterocycles. The molecule has 184 valence electrons. The van der Waals surface area contributed by atoms with E-state index in [9.17, 15) is 0 Å². The second-order valence-corrected chi connectivity index (χ2v) is 7.43. The fourth-order valence-electron chi connectivity index (χ4n) is 3.74. The fourth-order valence-corrected chi connectivity index (χ4v) is 3.74. The van der Waals surface area contributed by atoms with E-state index in [4.69, 9.17) is 10.5 Å². The van der Waals surface area contributed by atoms with Crippen molar-refractivity contribution in [1.29, 1.82) is 0 Å². The van der Waals surface area contributed by atoms with E-state index in [0.29, 0.717) is 6.10 Å². The summed E-state index contributed by atoms with van der Waals surface area (Å²) in [4.78, 5) is 7.13. The normalized spacial score (nSPS) is 13.8. The van der Waals surface area contributed by atoms with Gasteiger partial charge in [0.1, 0.15) is 17.4 Å². The van der Waals surface area contributed by atoms with Crippen molar-refractivity contribution in [2.75, 3.05) is 33.2 Å². The van der Waals surface area contributed by atoms with Crippen LogP contribution >= 0.6 is 0 Å². The van der Waals surface area contributed by atoms with Gasteiger partial charge in [0.2, 0.25) is 0 Å². The second kappa shape index (κ2) is 20.0. The van der Waals surface area contributed by atoms with Crippen LogP contribution in [-0.2, 0) is 6.42 Å². The van der Waals surface area contributed by atoms with Gasteiger partial charge in [-0.2, -0.15) is 0 Å². The first-order valence-corrected chi connectivity index (χ1v) is 12.8. The summed E-state index contributed by atoms with van der Waals surface area (Å²) in [7, 11) is 1.50. The standard InChI is InChI=1S/C22H33N3O.2C2H6.CH5N/c1-2-3-7-18-16-19-8-6-12-24-22(19)21(17-18)26-20-9-14-25(15-10-20)13-5-4-11-23;3*1-2/h6,8,12,16-17,20H,2-5,7,9-11,13-15,23H2,1H3;2*1-2H3;2H2,1H3. The first kappa shape index (κ1) is 30.3. The van der Waals surface area contributed by atoms with Gasteiger partial charge < -0.3 is 21.1 Å². The minimum Gasteiger partial charge on any atom is -0.488 e. The quantitative estimate of drug-likeness (QED) is 0.477. The lowest BCUT2D eigenvalue weighted by molar-refractivity contribution is 0.101. The molecular weight excluding hydrogens is 396 g/mol. The van der Waals surface area contributed by atoms with Gasteiger partial charge in [0.15, 0.2) is 0 Å². The number of pyridine rings is 1. The van der Waals surface area contributed by atoms with Crippen molar-refractivity contribution in [3.63, 3.8) is 0 Å². The Morgan fingerprint density at radius 3 is 2.34 bits per heavy atom. The lowest BCUT2D eigenvalue weighted by Gasteiger charge is -2.32. The van der Waals surface area contributed by atoms with E-state index in [0.717, 1.165) is 56.6 Å². The van der Waals surface area contributed by atoms with Gasteiger partial charge in [-0.3, -0.25) is 4.98 Å². The SMILES string of the molecule is CC.CC.CCCCc1cc(OC2CCN(CCCCN)CC2)c2ncccc2c1.CN. The number of hydrogen-bond donors (Lipinski definition) is 2. The molecule has 0 radical (unpaired) electrons. The summed E-state index contributed by atoms with van der Waals surface area (Å²) < 4.78 is 6.45. The highest BCUT2D eigenvalue weighted by Gasteiger charge is 2.21. The number of likely N-dealkylation sites (tertiary alicyclic amines) is 1. The molecule has 0 saturated carbocycles. The van der Waals surface area contributed by atoms with Gasteiger partial charge in [-0.1, -0.05) is 47.1 Å². The molecule has 0 atom stereocenters. The third kappa shape index (κ3) is 10.8. The van der Waals surface area contributed by atoms with E-state index in [2.05, 4.69) is 40.7 Å². The molecule has 4 N–H and O–H groups in total. The van der Waals surface area contributed by atoms with Gasteiger partial charge in [0.25, 0.3) is 0 Å². The number of aryl methyl sites for hydroxylation is 1. The van der Waals surface area contributed by atoms with Gasteiger partial charge in [-0.15, -0.1) is 0 Å². The Morgan fingerprint density at radius 2 is 1.72 bits per heavy atom. The van der Waals surface area contributed by atoms with E-state index in [-0.39, 0.29) is 0 Å². The predicted molar refractivity (Wildman–Crippen MR) is 142 cm³/mol. The van der Waals surface area contributed by atoms with Crippen molar-refractivity contribution in [1.82, 2.24) is 9.88 Å². The highest BCUT2D eigenvalue weighted by atomic mass is 16.5. The molecule has 0 bridgehead atoms. The first-order chi connectivity index (χ1) is 15.8. The molecule has 32 heavy (non-hydrogen) atoms. The van der Waals surface area contributed by atoms with Gasteiger partial charge in [-0.05, 0) is 82.4 Å². The molecule has 0 unspecified atom stereocenters. The third-order valence-electron chi connectivity index (χ3n) is 5.31. The molecule has 5 nitrogen and oxygen atoms in total. The summed E-state index contributed by atoms with van der Waals surface area (Å²) in [5.74, 6) is 0.968. The number of aromatic nitrogens is 1. The minimum atomic E-state index is 0.299. The highest BCUT2D eigenvalue weighted by molar-refractivity contribution is 5.85. The number of fused-ring (bicyclic) bond motifs is 1. The number of hydrogen-bond acceptors (Lipinski definition) is 5. The molecule has 5 heteroatoms. The van der Waals surface area contributed by atoms with E-state index in [1.54, 1.807) is 0 Å². The average molecular weight is 447 g/mol. The first-order valence-electron chi connectivity index (χ1n) is 12.8. The number of nitrogens with zero attached hydrogens (tertiary/aromatic N) is 2. The Labute approximate surface area is 197 Å². The van der Waals surface area contributed by atoms with Crippen molar-refractivity contribution >= 4 is 10.9 Å². The van der Waals surface area contributed by atoms with Crippen molar-refractivity contribution in [3.05, 3.63) is 36.0 Å². The number of ether oxygens (including phenoxy) is 1. The molecule has 0 amide bonds. The zero-order chi connectivity index (χ0) is 24.2. The Bertz CT molecular complexity index is 684. The summed E-state index contributed by atoms with van der Waals surface area (Å²) in [6.07, 6.45) is 10.2. The summed E-state index contributed by atoms with van der Waals surface area (Å²) in [6.45, 7) is 14.4. The molecular formula is C27H50N4O. The fraction of sp³-hybridized carbons (Fsp3) is 0.667. The maximum atomic E-state index is 6.45. The van der Waals surface area contributed by atoms with Crippen LogP contribution in [-0.4, -0.2) is 49.2 Å². The largest absolute Gasteiger partial charge is 0.488 e. The summed E-state index contributed by atoms with van der Waals surface area (Å²) >= 11 is 0. The van der Waals surface area contributed by atoms with Gasteiger partial charge in [-0.25, -0.2) is 0 Å². The average Bonchev–Trinajstić information content (AvgIpc) is 2.87. The Kier molecular flexibility index (Phi) is 18.9. The van der Waals surface area contributed by atoms with Crippen molar-refractivity contribution in [2.45, 2.75) is 85.7 Å². The number of rotatable bonds is 9. The topological polar surface area (TPSA) is 77.4 Å². The van der Waals surface area contributed by atoms with Crippen LogP contribution in [0.2, 0.25) is 0 Å². The molecule has 2 heterocycles.